The second kappa shape index (κ2) is 20.1. The van der Waals surface area contributed by atoms with Gasteiger partial charge in [0.1, 0.15) is 0 Å². The molecule has 1 nitrogen and oxygen atoms in total. The summed E-state index contributed by atoms with van der Waals surface area (Å²) in [4.78, 5) is 4.15. The van der Waals surface area contributed by atoms with Crippen LogP contribution in [-0.4, -0.2) is 4.98 Å². The van der Waals surface area contributed by atoms with Crippen LogP contribution in [0.5, 0.6) is 0 Å². The highest BCUT2D eigenvalue weighted by Crippen LogP contribution is 2.07. The van der Waals surface area contributed by atoms with Gasteiger partial charge in [-0.1, -0.05) is 66.3 Å². The van der Waals surface area contributed by atoms with Gasteiger partial charge in [0.15, 0.2) is 0 Å². The third-order valence-corrected chi connectivity index (χ3v) is 1.41. The quantitative estimate of drug-likeness (QED) is 0.628. The fraction of sp³-hybridized carbons (Fsp3) is 0.438. The number of hydrogen-bond donors (Lipinski definition) is 0. The zero-order valence-corrected chi connectivity index (χ0v) is 12.6. The van der Waals surface area contributed by atoms with Crippen LogP contribution in [0.4, 0.5) is 0 Å². The van der Waals surface area contributed by atoms with Gasteiger partial charge in [-0.05, 0) is 24.6 Å². The molecule has 0 saturated carbocycles. The topological polar surface area (TPSA) is 12.9 Å². The van der Waals surface area contributed by atoms with Gasteiger partial charge < -0.3 is 0 Å². The lowest BCUT2D eigenvalue weighted by atomic mass is 10.2. The number of allylic oxidation sites excluding steroid dienone is 1. The van der Waals surface area contributed by atoms with E-state index >= 15 is 0 Å². The summed E-state index contributed by atoms with van der Waals surface area (Å²) in [7, 11) is 0. The summed E-state index contributed by atoms with van der Waals surface area (Å²) >= 11 is 0. The predicted octanol–water partition coefficient (Wildman–Crippen LogP) is 5.84. The second-order valence-electron chi connectivity index (χ2n) is 2.18. The zero-order chi connectivity index (χ0) is 14.1. The summed E-state index contributed by atoms with van der Waals surface area (Å²) in [6.07, 6.45) is 7.54. The van der Waals surface area contributed by atoms with E-state index in [1.165, 1.54) is 0 Å². The summed E-state index contributed by atoms with van der Waals surface area (Å²) in [5.41, 5.74) is 2.05. The van der Waals surface area contributed by atoms with Gasteiger partial charge in [-0.3, -0.25) is 4.98 Å². The first-order chi connectivity index (χ1) is 8.38. The summed E-state index contributed by atoms with van der Waals surface area (Å²) in [5, 5.41) is 0. The van der Waals surface area contributed by atoms with Crippen molar-refractivity contribution in [2.75, 3.05) is 0 Å². The molecule has 0 amide bonds. The SMILES string of the molecule is C=Cc1ncccc1/C=C\C.CC.CC.CC. The molecule has 0 unspecified atom stereocenters. The van der Waals surface area contributed by atoms with Gasteiger partial charge >= 0.3 is 0 Å². The minimum absolute atomic E-state index is 0.936. The summed E-state index contributed by atoms with van der Waals surface area (Å²) in [6, 6.07) is 3.94. The highest BCUT2D eigenvalue weighted by atomic mass is 14.7. The largest absolute Gasteiger partial charge is 0.256 e. The van der Waals surface area contributed by atoms with E-state index in [2.05, 4.69) is 11.6 Å². The molecule has 0 aliphatic rings. The maximum Gasteiger partial charge on any atom is 0.0695 e. The Morgan fingerprint density at radius 3 is 2.00 bits per heavy atom. The van der Waals surface area contributed by atoms with Crippen LogP contribution >= 0.6 is 0 Å². The second-order valence-corrected chi connectivity index (χ2v) is 2.18. The van der Waals surface area contributed by atoms with Crippen molar-refractivity contribution in [3.8, 4) is 0 Å². The highest BCUT2D eigenvalue weighted by Gasteiger charge is 1.92. The molecule has 0 saturated heterocycles. The smallest absolute Gasteiger partial charge is 0.0695 e. The van der Waals surface area contributed by atoms with Crippen LogP contribution in [0.2, 0.25) is 0 Å². The van der Waals surface area contributed by atoms with Crippen LogP contribution in [0.15, 0.2) is 31.0 Å². The van der Waals surface area contributed by atoms with Gasteiger partial charge in [-0.25, -0.2) is 0 Å². The van der Waals surface area contributed by atoms with Crippen LogP contribution in [0.3, 0.4) is 0 Å². The fourth-order valence-electron chi connectivity index (χ4n) is 0.921. The summed E-state index contributed by atoms with van der Waals surface area (Å²) in [5.74, 6) is 0. The first-order valence-electron chi connectivity index (χ1n) is 6.58. The predicted molar refractivity (Wildman–Crippen MR) is 83.1 cm³/mol. The Morgan fingerprint density at radius 2 is 1.59 bits per heavy atom. The molecular formula is C16H29N. The normalized spacial score (nSPS) is 7.71. The van der Waals surface area contributed by atoms with Gasteiger partial charge in [-0.15, -0.1) is 0 Å². The molecule has 1 heteroatoms. The molecule has 0 radical (unpaired) electrons. The van der Waals surface area contributed by atoms with Gasteiger partial charge in [0.25, 0.3) is 0 Å². The Labute approximate surface area is 108 Å². The lowest BCUT2D eigenvalue weighted by Gasteiger charge is -1.96. The monoisotopic (exact) mass is 235 g/mol. The average molecular weight is 235 g/mol. The van der Waals surface area contributed by atoms with Crippen molar-refractivity contribution in [2.24, 2.45) is 0 Å². The summed E-state index contributed by atoms with van der Waals surface area (Å²) < 4.78 is 0. The van der Waals surface area contributed by atoms with E-state index in [-0.39, 0.29) is 0 Å². The Balaban J connectivity index is -0.000000285. The summed E-state index contributed by atoms with van der Waals surface area (Å²) in [6.45, 7) is 17.7. The van der Waals surface area contributed by atoms with Crippen molar-refractivity contribution in [3.63, 3.8) is 0 Å². The maximum atomic E-state index is 4.15. The van der Waals surface area contributed by atoms with Crippen molar-refractivity contribution in [1.29, 1.82) is 0 Å². The molecule has 1 rings (SSSR count). The van der Waals surface area contributed by atoms with Crippen molar-refractivity contribution >= 4 is 12.2 Å². The first-order valence-corrected chi connectivity index (χ1v) is 6.58. The average Bonchev–Trinajstić information content (AvgIpc) is 2.46. The van der Waals surface area contributed by atoms with Crippen LogP contribution in [0.25, 0.3) is 12.2 Å². The van der Waals surface area contributed by atoms with E-state index in [1.807, 2.05) is 72.8 Å². The van der Waals surface area contributed by atoms with Gasteiger partial charge in [-0.2, -0.15) is 0 Å². The van der Waals surface area contributed by atoms with Crippen LogP contribution < -0.4 is 0 Å². The van der Waals surface area contributed by atoms with Gasteiger partial charge in [0.05, 0.1) is 5.69 Å². The minimum atomic E-state index is 0.936. The molecule has 0 aromatic carbocycles. The molecule has 1 aromatic rings. The Morgan fingerprint density at radius 1 is 1.06 bits per heavy atom. The molecule has 0 aliphatic carbocycles. The lowest BCUT2D eigenvalue weighted by Crippen LogP contribution is -1.83. The minimum Gasteiger partial charge on any atom is -0.256 e. The van der Waals surface area contributed by atoms with Crippen LogP contribution in [0.1, 0.15) is 59.7 Å². The standard InChI is InChI=1S/C10H11N.3C2H6/c1-3-6-9-7-5-8-11-10(9)4-2;3*1-2/h3-8H,2H2,1H3;3*1-2H3/b6-3-;;;. The first kappa shape index (κ1) is 21.0. The van der Waals surface area contributed by atoms with E-state index in [0.717, 1.165) is 11.3 Å². The number of pyridine rings is 1. The van der Waals surface area contributed by atoms with Gasteiger partial charge in [0, 0.05) is 6.20 Å². The van der Waals surface area contributed by atoms with Crippen LogP contribution in [0, 0.1) is 0 Å². The van der Waals surface area contributed by atoms with E-state index in [4.69, 9.17) is 0 Å². The fourth-order valence-corrected chi connectivity index (χ4v) is 0.921. The van der Waals surface area contributed by atoms with Gasteiger partial charge in [0.2, 0.25) is 0 Å². The molecule has 98 valence electrons. The van der Waals surface area contributed by atoms with Crippen molar-refractivity contribution in [1.82, 2.24) is 4.98 Å². The molecule has 1 aromatic heterocycles. The van der Waals surface area contributed by atoms with E-state index < -0.39 is 0 Å². The van der Waals surface area contributed by atoms with Crippen molar-refractivity contribution < 1.29 is 0 Å². The number of nitrogens with zero attached hydrogens (tertiary/aromatic N) is 1. The molecule has 0 bridgehead atoms. The zero-order valence-electron chi connectivity index (χ0n) is 12.6. The third-order valence-electron chi connectivity index (χ3n) is 1.41. The lowest BCUT2D eigenvalue weighted by molar-refractivity contribution is 1.28. The van der Waals surface area contributed by atoms with E-state index in [1.54, 1.807) is 12.3 Å². The van der Waals surface area contributed by atoms with Crippen LogP contribution in [-0.2, 0) is 0 Å². The molecule has 0 N–H and O–H groups in total. The number of hydrogen-bond acceptors (Lipinski definition) is 1. The van der Waals surface area contributed by atoms with Crippen molar-refractivity contribution in [2.45, 2.75) is 48.5 Å². The molecule has 0 atom stereocenters. The number of rotatable bonds is 2. The van der Waals surface area contributed by atoms with E-state index in [9.17, 15) is 0 Å². The highest BCUT2D eigenvalue weighted by molar-refractivity contribution is 5.60. The molecule has 0 spiro atoms. The Hall–Kier alpha value is -1.37. The maximum absolute atomic E-state index is 4.15. The molecule has 0 fully saturated rings. The molecule has 0 aliphatic heterocycles. The Kier molecular flexibility index (Phi) is 24.8. The number of aromatic nitrogens is 1. The Bertz CT molecular complexity index is 275. The van der Waals surface area contributed by atoms with E-state index in [0.29, 0.717) is 0 Å². The molecule has 17 heavy (non-hydrogen) atoms. The third kappa shape index (κ3) is 10.9. The molecule has 1 heterocycles. The molecular weight excluding hydrogens is 206 g/mol. The van der Waals surface area contributed by atoms with Crippen molar-refractivity contribution in [3.05, 3.63) is 42.2 Å².